The Kier molecular flexibility index (Phi) is 5.88. The van der Waals surface area contributed by atoms with Gasteiger partial charge in [-0.05, 0) is 43.7 Å². The summed E-state index contributed by atoms with van der Waals surface area (Å²) in [6.07, 6.45) is 3.53. The molecular weight excluding hydrogens is 350 g/mol. The van der Waals surface area contributed by atoms with Crippen LogP contribution in [0.15, 0.2) is 47.9 Å². The minimum absolute atomic E-state index is 0.0700. The van der Waals surface area contributed by atoms with Crippen molar-refractivity contribution in [3.63, 3.8) is 0 Å². The molecule has 3 aromatic rings. The van der Waals surface area contributed by atoms with E-state index in [1.165, 1.54) is 11.3 Å². The highest BCUT2D eigenvalue weighted by Gasteiger charge is 2.09. The van der Waals surface area contributed by atoms with Gasteiger partial charge in [-0.25, -0.2) is 15.0 Å². The molecule has 0 bridgehead atoms. The fourth-order valence-corrected chi connectivity index (χ4v) is 2.98. The van der Waals surface area contributed by atoms with Crippen molar-refractivity contribution in [3.8, 4) is 10.6 Å². The van der Waals surface area contributed by atoms with Gasteiger partial charge in [-0.15, -0.1) is 11.3 Å². The summed E-state index contributed by atoms with van der Waals surface area (Å²) in [5.74, 6) is 1.47. The van der Waals surface area contributed by atoms with Gasteiger partial charge in [-0.3, -0.25) is 0 Å². The highest BCUT2D eigenvalue weighted by molar-refractivity contribution is 7.17. The van der Waals surface area contributed by atoms with Crippen molar-refractivity contribution in [1.29, 1.82) is 0 Å². The second kappa shape index (κ2) is 8.50. The van der Waals surface area contributed by atoms with Crippen molar-refractivity contribution in [2.45, 2.75) is 13.8 Å². The number of nitrogens with zero attached hydrogens (tertiary/aromatic N) is 4. The number of nitrogens with one attached hydrogen (secondary N) is 1. The van der Waals surface area contributed by atoms with Crippen molar-refractivity contribution >= 4 is 28.7 Å². The van der Waals surface area contributed by atoms with E-state index < -0.39 is 0 Å². The fraction of sp³-hybridized carbons (Fsp3) is 0.222. The molecule has 0 spiro atoms. The van der Waals surface area contributed by atoms with Gasteiger partial charge in [0.15, 0.2) is 0 Å². The SMILES string of the molecule is C/C(=N\OCCO)c1ncc(-c2cccc(Nc3cc(C)ccn3)n2)s1. The second-order valence-corrected chi connectivity index (χ2v) is 6.55. The number of thiazole rings is 1. The average molecular weight is 369 g/mol. The summed E-state index contributed by atoms with van der Waals surface area (Å²) in [4.78, 5) is 19.2. The van der Waals surface area contributed by atoms with Crippen LogP contribution < -0.4 is 5.32 Å². The van der Waals surface area contributed by atoms with Gasteiger partial charge in [-0.1, -0.05) is 11.2 Å². The molecule has 0 aliphatic rings. The summed E-state index contributed by atoms with van der Waals surface area (Å²) in [6.45, 7) is 3.93. The van der Waals surface area contributed by atoms with Crippen molar-refractivity contribution in [3.05, 3.63) is 53.3 Å². The predicted molar refractivity (Wildman–Crippen MR) is 103 cm³/mol. The first-order valence-electron chi connectivity index (χ1n) is 8.06. The Balaban J connectivity index is 1.77. The van der Waals surface area contributed by atoms with Gasteiger partial charge < -0.3 is 15.3 Å². The maximum absolute atomic E-state index is 8.72. The van der Waals surface area contributed by atoms with E-state index in [0.29, 0.717) is 11.5 Å². The molecule has 3 heterocycles. The Morgan fingerprint density at radius 1 is 1.27 bits per heavy atom. The maximum Gasteiger partial charge on any atom is 0.141 e. The van der Waals surface area contributed by atoms with Crippen LogP contribution >= 0.6 is 11.3 Å². The average Bonchev–Trinajstić information content (AvgIpc) is 3.12. The molecule has 3 rings (SSSR count). The van der Waals surface area contributed by atoms with E-state index in [1.807, 2.05) is 44.2 Å². The number of hydrogen-bond donors (Lipinski definition) is 2. The lowest BCUT2D eigenvalue weighted by atomic mass is 10.3. The summed E-state index contributed by atoms with van der Waals surface area (Å²) < 4.78 is 0. The van der Waals surface area contributed by atoms with E-state index in [-0.39, 0.29) is 13.2 Å². The summed E-state index contributed by atoms with van der Waals surface area (Å²) in [5, 5.41) is 16.6. The highest BCUT2D eigenvalue weighted by atomic mass is 32.1. The molecule has 0 aromatic carbocycles. The summed E-state index contributed by atoms with van der Waals surface area (Å²) in [5.41, 5.74) is 2.60. The molecule has 0 aliphatic carbocycles. The van der Waals surface area contributed by atoms with Crippen LogP contribution in [-0.4, -0.2) is 39.0 Å². The fourth-order valence-electron chi connectivity index (χ4n) is 2.16. The molecule has 0 amide bonds. The molecule has 3 aromatic heterocycles. The van der Waals surface area contributed by atoms with Crippen molar-refractivity contribution < 1.29 is 9.94 Å². The number of oxime groups is 1. The Morgan fingerprint density at radius 3 is 2.96 bits per heavy atom. The Bertz CT molecular complexity index is 910. The molecule has 0 atom stereocenters. The summed E-state index contributed by atoms with van der Waals surface area (Å²) in [7, 11) is 0. The lowest BCUT2D eigenvalue weighted by molar-refractivity contribution is 0.0986. The molecule has 0 unspecified atom stereocenters. The van der Waals surface area contributed by atoms with Crippen LogP contribution in [0.4, 0.5) is 11.6 Å². The zero-order valence-corrected chi connectivity index (χ0v) is 15.3. The third kappa shape index (κ3) is 4.62. The monoisotopic (exact) mass is 369 g/mol. The Hall–Kier alpha value is -2.84. The normalized spacial score (nSPS) is 11.4. The van der Waals surface area contributed by atoms with E-state index in [0.717, 1.165) is 27.0 Å². The van der Waals surface area contributed by atoms with Crippen LogP contribution in [0.2, 0.25) is 0 Å². The van der Waals surface area contributed by atoms with Crippen molar-refractivity contribution in [1.82, 2.24) is 15.0 Å². The number of aromatic nitrogens is 3. The minimum Gasteiger partial charge on any atom is -0.393 e. The van der Waals surface area contributed by atoms with Crippen molar-refractivity contribution in [2.24, 2.45) is 5.16 Å². The zero-order valence-electron chi connectivity index (χ0n) is 14.5. The summed E-state index contributed by atoms with van der Waals surface area (Å²) in [6, 6.07) is 9.67. The van der Waals surface area contributed by atoms with Gasteiger partial charge in [0.05, 0.1) is 17.2 Å². The van der Waals surface area contributed by atoms with E-state index in [4.69, 9.17) is 9.94 Å². The number of pyridine rings is 2. The first-order valence-corrected chi connectivity index (χ1v) is 8.88. The van der Waals surface area contributed by atoms with E-state index in [2.05, 4.69) is 25.4 Å². The largest absolute Gasteiger partial charge is 0.393 e. The van der Waals surface area contributed by atoms with Gasteiger partial charge in [-0.2, -0.15) is 0 Å². The molecule has 0 fully saturated rings. The Labute approximate surface area is 155 Å². The van der Waals surface area contributed by atoms with Crippen molar-refractivity contribution in [2.75, 3.05) is 18.5 Å². The molecule has 0 saturated heterocycles. The predicted octanol–water partition coefficient (Wildman–Crippen LogP) is 3.39. The molecule has 0 aliphatic heterocycles. The number of aryl methyl sites for hydroxylation is 1. The van der Waals surface area contributed by atoms with Crippen LogP contribution in [0.5, 0.6) is 0 Å². The van der Waals surface area contributed by atoms with E-state index in [9.17, 15) is 0 Å². The molecule has 0 radical (unpaired) electrons. The lowest BCUT2D eigenvalue weighted by Crippen LogP contribution is -1.98. The topological polar surface area (TPSA) is 92.5 Å². The van der Waals surface area contributed by atoms with Gasteiger partial charge in [0.2, 0.25) is 0 Å². The summed E-state index contributed by atoms with van der Waals surface area (Å²) >= 11 is 1.48. The third-order valence-electron chi connectivity index (χ3n) is 3.37. The number of hydrogen-bond acceptors (Lipinski definition) is 8. The van der Waals surface area contributed by atoms with Crippen LogP contribution in [-0.2, 0) is 4.84 Å². The van der Waals surface area contributed by atoms with E-state index >= 15 is 0 Å². The number of rotatable bonds is 7. The van der Waals surface area contributed by atoms with E-state index in [1.54, 1.807) is 12.4 Å². The quantitative estimate of drug-likeness (QED) is 0.377. The minimum atomic E-state index is -0.0700. The van der Waals surface area contributed by atoms with Crippen LogP contribution in [0, 0.1) is 6.92 Å². The maximum atomic E-state index is 8.72. The molecular formula is C18H19N5O2S. The van der Waals surface area contributed by atoms with Crippen LogP contribution in [0.25, 0.3) is 10.6 Å². The molecule has 0 saturated carbocycles. The molecule has 134 valence electrons. The first kappa shape index (κ1) is 18.0. The lowest BCUT2D eigenvalue weighted by Gasteiger charge is -2.06. The molecule has 8 heteroatoms. The number of aliphatic hydroxyl groups excluding tert-OH is 1. The van der Waals surface area contributed by atoms with Gasteiger partial charge in [0, 0.05) is 12.4 Å². The number of anilines is 2. The standard InChI is InChI=1S/C18H19N5O2S/c1-12-6-7-19-17(10-12)22-16-5-3-4-14(21-16)15-11-20-18(26-15)13(2)23-25-9-8-24/h3-7,10-11,24H,8-9H2,1-2H3,(H,19,21,22)/b23-13+. The molecule has 2 N–H and O–H groups in total. The van der Waals surface area contributed by atoms with Gasteiger partial charge in [0.25, 0.3) is 0 Å². The third-order valence-corrected chi connectivity index (χ3v) is 4.50. The molecule has 26 heavy (non-hydrogen) atoms. The molecule has 7 nitrogen and oxygen atoms in total. The Morgan fingerprint density at radius 2 is 2.15 bits per heavy atom. The smallest absolute Gasteiger partial charge is 0.141 e. The first-order chi connectivity index (χ1) is 12.7. The van der Waals surface area contributed by atoms with Gasteiger partial charge in [0.1, 0.15) is 29.0 Å². The van der Waals surface area contributed by atoms with Crippen LogP contribution in [0.3, 0.4) is 0 Å². The number of aliphatic hydroxyl groups is 1. The zero-order chi connectivity index (χ0) is 18.4. The van der Waals surface area contributed by atoms with Gasteiger partial charge >= 0.3 is 0 Å². The second-order valence-electron chi connectivity index (χ2n) is 5.51. The highest BCUT2D eigenvalue weighted by Crippen LogP contribution is 2.26. The van der Waals surface area contributed by atoms with Crippen LogP contribution in [0.1, 0.15) is 17.5 Å².